The Bertz CT molecular complexity index is 1050. The van der Waals surface area contributed by atoms with Gasteiger partial charge >= 0.3 is 6.03 Å². The zero-order valence-electron chi connectivity index (χ0n) is 21.8. The first-order valence-electron chi connectivity index (χ1n) is 12.9. The monoisotopic (exact) mass is 507 g/mol. The number of rotatable bonds is 11. The second kappa shape index (κ2) is 12.8. The lowest BCUT2D eigenvalue weighted by molar-refractivity contribution is -0.139. The molecule has 4 rings (SSSR count). The van der Waals surface area contributed by atoms with Crippen LogP contribution in [0.1, 0.15) is 16.7 Å². The van der Waals surface area contributed by atoms with E-state index in [-0.39, 0.29) is 12.2 Å². The van der Waals surface area contributed by atoms with E-state index in [1.165, 1.54) is 11.1 Å². The summed E-state index contributed by atoms with van der Waals surface area (Å²) < 4.78 is 18.0. The Kier molecular flexibility index (Phi) is 9.23. The highest BCUT2D eigenvalue weighted by Gasteiger charge is 2.34. The van der Waals surface area contributed by atoms with E-state index >= 15 is 0 Å². The van der Waals surface area contributed by atoms with Crippen molar-refractivity contribution in [1.82, 2.24) is 14.7 Å². The fourth-order valence-electron chi connectivity index (χ4n) is 5.02. The number of urea groups is 1. The molecule has 37 heavy (non-hydrogen) atoms. The molecule has 0 spiro atoms. The van der Waals surface area contributed by atoms with Crippen LogP contribution in [0.25, 0.3) is 0 Å². The maximum atomic E-state index is 12.0. The molecule has 2 aliphatic heterocycles. The molecule has 2 amide bonds. The zero-order chi connectivity index (χ0) is 26.2. The molecule has 0 saturated carbocycles. The number of para-hydroxylation sites is 1. The van der Waals surface area contributed by atoms with E-state index in [9.17, 15) is 4.79 Å². The number of hydrogen-bond acceptors (Lipinski definition) is 7. The summed E-state index contributed by atoms with van der Waals surface area (Å²) in [5, 5.41) is 8.89. The fourth-order valence-corrected chi connectivity index (χ4v) is 5.02. The summed E-state index contributed by atoms with van der Waals surface area (Å²) in [6.07, 6.45) is 0.295. The predicted octanol–water partition coefficient (Wildman–Crippen LogP) is 2.40. The smallest absolute Gasteiger partial charge is 0.314 e. The number of amides is 2. The first kappa shape index (κ1) is 26.7. The quantitative estimate of drug-likeness (QED) is 0.498. The average Bonchev–Trinajstić information content (AvgIpc) is 2.87. The molecule has 0 aliphatic carbocycles. The summed E-state index contributed by atoms with van der Waals surface area (Å²) in [5.74, 6) is 1.65. The van der Waals surface area contributed by atoms with Gasteiger partial charge in [-0.25, -0.2) is 4.79 Å². The summed E-state index contributed by atoms with van der Waals surface area (Å²) in [6, 6.07) is 14.8. The van der Waals surface area contributed by atoms with Gasteiger partial charge in [0.2, 0.25) is 0 Å². The minimum absolute atomic E-state index is 0.148. The minimum Gasteiger partial charge on any atom is -0.492 e. The molecule has 9 heteroatoms. The number of morpholine rings is 2. The molecule has 0 radical (unpaired) electrons. The van der Waals surface area contributed by atoms with E-state index < -0.39 is 6.03 Å². The van der Waals surface area contributed by atoms with Crippen LogP contribution >= 0.6 is 0 Å². The van der Waals surface area contributed by atoms with Crippen LogP contribution in [-0.4, -0.2) is 98.5 Å². The lowest BCUT2D eigenvalue weighted by atomic mass is 10.1. The number of ether oxygens (including phenoxy) is 3. The average molecular weight is 508 g/mol. The Labute approximate surface area is 219 Å². The summed E-state index contributed by atoms with van der Waals surface area (Å²) in [7, 11) is 0. The highest BCUT2D eigenvalue weighted by atomic mass is 16.5. The molecule has 2 bridgehead atoms. The summed E-state index contributed by atoms with van der Waals surface area (Å²) in [6.45, 7) is 11.1. The van der Waals surface area contributed by atoms with Gasteiger partial charge in [0.25, 0.3) is 0 Å². The first-order chi connectivity index (χ1) is 17.9. The van der Waals surface area contributed by atoms with Crippen LogP contribution in [0, 0.1) is 25.2 Å². The molecular weight excluding hydrogens is 470 g/mol. The lowest BCUT2D eigenvalue weighted by Crippen LogP contribution is -2.60. The standard InChI is InChI=1S/C28H37N5O4/c1-21-4-3-5-22(2)27(21)36-14-12-32-19-25-17-31(18-26(20-32)37-25)10-11-33(28(30)34)13-15-35-24-8-6-23(16-29)7-9-24/h3-9,25-26H,10-15,17-20H2,1-2H3,(H2,30,34). The van der Waals surface area contributed by atoms with Crippen LogP contribution in [0.15, 0.2) is 42.5 Å². The van der Waals surface area contributed by atoms with E-state index in [1.807, 2.05) is 0 Å². The van der Waals surface area contributed by atoms with Gasteiger partial charge in [0.1, 0.15) is 24.7 Å². The molecule has 2 unspecified atom stereocenters. The summed E-state index contributed by atoms with van der Waals surface area (Å²) >= 11 is 0. The van der Waals surface area contributed by atoms with E-state index in [4.69, 9.17) is 25.2 Å². The maximum Gasteiger partial charge on any atom is 0.314 e. The van der Waals surface area contributed by atoms with Crippen molar-refractivity contribution in [2.24, 2.45) is 5.73 Å². The van der Waals surface area contributed by atoms with Crippen molar-refractivity contribution in [3.05, 3.63) is 59.2 Å². The number of nitrogens with two attached hydrogens (primary N) is 1. The summed E-state index contributed by atoms with van der Waals surface area (Å²) in [5.41, 5.74) is 8.53. The number of aryl methyl sites for hydroxylation is 2. The molecule has 2 N–H and O–H groups in total. The Hall–Kier alpha value is -3.32. The van der Waals surface area contributed by atoms with E-state index in [0.29, 0.717) is 37.6 Å². The molecular formula is C28H37N5O4. The van der Waals surface area contributed by atoms with Crippen molar-refractivity contribution < 1.29 is 19.0 Å². The number of benzene rings is 2. The Morgan fingerprint density at radius 2 is 1.59 bits per heavy atom. The van der Waals surface area contributed by atoms with Gasteiger partial charge in [-0.15, -0.1) is 0 Å². The Morgan fingerprint density at radius 1 is 0.973 bits per heavy atom. The van der Waals surface area contributed by atoms with Crippen LogP contribution in [0.5, 0.6) is 11.5 Å². The van der Waals surface area contributed by atoms with Crippen molar-refractivity contribution in [3.8, 4) is 17.6 Å². The van der Waals surface area contributed by atoms with Gasteiger partial charge in [-0.2, -0.15) is 5.26 Å². The van der Waals surface area contributed by atoms with Gasteiger partial charge in [-0.1, -0.05) is 18.2 Å². The van der Waals surface area contributed by atoms with Crippen molar-refractivity contribution in [2.75, 3.05) is 65.6 Å². The highest BCUT2D eigenvalue weighted by molar-refractivity contribution is 5.71. The predicted molar refractivity (Wildman–Crippen MR) is 141 cm³/mol. The van der Waals surface area contributed by atoms with Gasteiger partial charge in [-0.05, 0) is 49.2 Å². The number of fused-ring (bicyclic) bond motifs is 2. The molecule has 0 aromatic heterocycles. The topological polar surface area (TPSA) is 104 Å². The van der Waals surface area contributed by atoms with Crippen LogP contribution in [0.2, 0.25) is 0 Å². The number of nitrogens with zero attached hydrogens (tertiary/aromatic N) is 4. The van der Waals surface area contributed by atoms with Crippen molar-refractivity contribution in [1.29, 1.82) is 5.26 Å². The third-order valence-electron chi connectivity index (χ3n) is 6.91. The van der Waals surface area contributed by atoms with Crippen LogP contribution in [0.3, 0.4) is 0 Å². The van der Waals surface area contributed by atoms with Crippen LogP contribution in [-0.2, 0) is 4.74 Å². The molecule has 2 aromatic carbocycles. The highest BCUT2D eigenvalue weighted by Crippen LogP contribution is 2.23. The largest absolute Gasteiger partial charge is 0.492 e. The van der Waals surface area contributed by atoms with Crippen molar-refractivity contribution >= 4 is 6.03 Å². The molecule has 2 heterocycles. The summed E-state index contributed by atoms with van der Waals surface area (Å²) in [4.78, 5) is 18.4. The van der Waals surface area contributed by atoms with Gasteiger partial charge in [-0.3, -0.25) is 9.80 Å². The van der Waals surface area contributed by atoms with Gasteiger partial charge in [0.15, 0.2) is 0 Å². The third-order valence-corrected chi connectivity index (χ3v) is 6.91. The number of carbonyl (C=O) groups is 1. The molecule has 2 aromatic rings. The zero-order valence-corrected chi connectivity index (χ0v) is 21.8. The molecule has 2 fully saturated rings. The number of primary amides is 1. The number of carbonyl (C=O) groups excluding carboxylic acids is 1. The van der Waals surface area contributed by atoms with E-state index in [0.717, 1.165) is 45.0 Å². The third kappa shape index (κ3) is 7.59. The number of nitriles is 1. The van der Waals surface area contributed by atoms with E-state index in [1.54, 1.807) is 29.2 Å². The van der Waals surface area contributed by atoms with Crippen molar-refractivity contribution in [2.45, 2.75) is 26.1 Å². The Balaban J connectivity index is 1.18. The SMILES string of the molecule is Cc1cccc(C)c1OCCN1CC2CN(CCN(CCOc3ccc(C#N)cc3)C(N)=O)CC(C1)O2. The maximum absolute atomic E-state index is 12.0. The lowest BCUT2D eigenvalue weighted by Gasteiger charge is -2.46. The molecule has 2 saturated heterocycles. The van der Waals surface area contributed by atoms with Crippen LogP contribution < -0.4 is 15.2 Å². The molecule has 198 valence electrons. The fraction of sp³-hybridized carbons (Fsp3) is 0.500. The minimum atomic E-state index is -0.452. The first-order valence-corrected chi connectivity index (χ1v) is 12.9. The van der Waals surface area contributed by atoms with Gasteiger partial charge in [0, 0.05) is 45.8 Å². The van der Waals surface area contributed by atoms with Crippen LogP contribution in [0.4, 0.5) is 4.79 Å². The second-order valence-corrected chi connectivity index (χ2v) is 9.78. The molecule has 2 atom stereocenters. The van der Waals surface area contributed by atoms with Crippen molar-refractivity contribution in [3.63, 3.8) is 0 Å². The molecule has 2 aliphatic rings. The Morgan fingerprint density at radius 3 is 2.19 bits per heavy atom. The van der Waals surface area contributed by atoms with Gasteiger partial charge in [0.05, 0.1) is 30.4 Å². The molecule has 9 nitrogen and oxygen atoms in total. The van der Waals surface area contributed by atoms with E-state index in [2.05, 4.69) is 47.9 Å². The normalized spacial score (nSPS) is 19.7. The number of hydrogen-bond donors (Lipinski definition) is 1. The second-order valence-electron chi connectivity index (χ2n) is 9.78. The van der Waals surface area contributed by atoms with Gasteiger partial charge < -0.3 is 24.8 Å².